The number of anilines is 2. The Morgan fingerprint density at radius 1 is 0.660 bits per heavy atom. The Labute approximate surface area is 314 Å². The van der Waals surface area contributed by atoms with Crippen molar-refractivity contribution in [3.05, 3.63) is 215 Å². The van der Waals surface area contributed by atoms with Crippen molar-refractivity contribution in [1.29, 1.82) is 0 Å². The van der Waals surface area contributed by atoms with E-state index in [1.165, 1.54) is 55.9 Å². The van der Waals surface area contributed by atoms with Crippen molar-refractivity contribution in [2.45, 2.75) is 42.9 Å². The molecule has 4 aromatic carbocycles. The van der Waals surface area contributed by atoms with E-state index in [1.54, 1.807) is 0 Å². The van der Waals surface area contributed by atoms with Crippen LogP contribution in [0.1, 0.15) is 41.0 Å². The maximum absolute atomic E-state index is 6.38. The minimum Gasteiger partial charge on any atom is -0.485 e. The van der Waals surface area contributed by atoms with Gasteiger partial charge in [-0.15, -0.1) is 0 Å². The van der Waals surface area contributed by atoms with Crippen LogP contribution in [-0.4, -0.2) is 13.4 Å². The van der Waals surface area contributed by atoms with Crippen LogP contribution in [0.3, 0.4) is 0 Å². The van der Waals surface area contributed by atoms with E-state index in [2.05, 4.69) is 194 Å². The van der Waals surface area contributed by atoms with Crippen molar-refractivity contribution < 1.29 is 4.74 Å². The van der Waals surface area contributed by atoms with Gasteiger partial charge in [0.25, 0.3) is 0 Å². The van der Waals surface area contributed by atoms with Crippen LogP contribution in [0, 0.1) is 5.92 Å². The molecular formula is C50H41BNO. The largest absolute Gasteiger partial charge is 0.485 e. The monoisotopic (exact) mass is 682 g/mol. The summed E-state index contributed by atoms with van der Waals surface area (Å²) in [5.74, 6) is 2.12. The van der Waals surface area contributed by atoms with Crippen LogP contribution in [0.2, 0.25) is 11.6 Å². The summed E-state index contributed by atoms with van der Waals surface area (Å²) in [6, 6.07) is 35.8. The SMILES string of the molecule is [B]1C2C=CC3=C(C1C=CC(c1ccc(N(C4=CC=CC(c5cccc6c5C=CCC6)C4)c4ccc(-c5ccccc5)cc4)cc1)=C2)C1C=CC=CC1O3. The van der Waals surface area contributed by atoms with Gasteiger partial charge < -0.3 is 9.64 Å². The lowest BCUT2D eigenvalue weighted by Gasteiger charge is -2.32. The highest BCUT2D eigenvalue weighted by Crippen LogP contribution is 2.47. The summed E-state index contributed by atoms with van der Waals surface area (Å²) < 4.78 is 6.38. The average Bonchev–Trinajstić information content (AvgIpc) is 3.34. The van der Waals surface area contributed by atoms with Gasteiger partial charge in [-0.25, -0.2) is 0 Å². The number of rotatable bonds is 6. The van der Waals surface area contributed by atoms with Crippen molar-refractivity contribution in [1.82, 2.24) is 0 Å². The van der Waals surface area contributed by atoms with Gasteiger partial charge in [-0.2, -0.15) is 0 Å². The highest BCUT2D eigenvalue weighted by atomic mass is 16.5. The fourth-order valence-corrected chi connectivity index (χ4v) is 9.00. The molecule has 255 valence electrons. The fourth-order valence-electron chi connectivity index (χ4n) is 9.00. The summed E-state index contributed by atoms with van der Waals surface area (Å²) in [5, 5.41) is 0. The zero-order valence-electron chi connectivity index (χ0n) is 29.8. The molecule has 5 atom stereocenters. The Kier molecular flexibility index (Phi) is 8.21. The Hall–Kier alpha value is -5.80. The molecule has 0 fully saturated rings. The summed E-state index contributed by atoms with van der Waals surface area (Å²) in [4.78, 5) is 2.46. The van der Waals surface area contributed by atoms with E-state index >= 15 is 0 Å². The molecule has 4 aromatic rings. The van der Waals surface area contributed by atoms with Crippen LogP contribution in [0.5, 0.6) is 0 Å². The minimum absolute atomic E-state index is 0.105. The molecule has 10 rings (SSSR count). The second kappa shape index (κ2) is 13.6. The second-order valence-electron chi connectivity index (χ2n) is 14.8. The molecule has 6 aliphatic rings. The lowest BCUT2D eigenvalue weighted by Crippen LogP contribution is -2.20. The second-order valence-corrected chi connectivity index (χ2v) is 14.8. The van der Waals surface area contributed by atoms with Crippen LogP contribution in [0.25, 0.3) is 22.8 Å². The lowest BCUT2D eigenvalue weighted by molar-refractivity contribution is 0.173. The molecule has 2 bridgehead atoms. The predicted octanol–water partition coefficient (Wildman–Crippen LogP) is 12.3. The molecule has 0 saturated heterocycles. The third-order valence-corrected chi connectivity index (χ3v) is 11.6. The summed E-state index contributed by atoms with van der Waals surface area (Å²) >= 11 is 0. The van der Waals surface area contributed by atoms with Gasteiger partial charge in [0.2, 0.25) is 0 Å². The van der Waals surface area contributed by atoms with Crippen LogP contribution in [0.4, 0.5) is 11.4 Å². The predicted molar refractivity (Wildman–Crippen MR) is 222 cm³/mol. The summed E-state index contributed by atoms with van der Waals surface area (Å²) in [6.07, 6.45) is 35.2. The molecule has 0 saturated carbocycles. The maximum Gasteiger partial charge on any atom is 0.139 e. The van der Waals surface area contributed by atoms with Crippen molar-refractivity contribution in [3.63, 3.8) is 0 Å². The Bertz CT molecular complexity index is 2330. The molecule has 53 heavy (non-hydrogen) atoms. The third-order valence-electron chi connectivity index (χ3n) is 11.6. The molecular weight excluding hydrogens is 641 g/mol. The Morgan fingerprint density at radius 2 is 1.45 bits per heavy atom. The Balaban J connectivity index is 0.970. The number of ether oxygens (including phenoxy) is 1. The number of nitrogens with zero attached hydrogens (tertiary/aromatic N) is 1. The standard InChI is InChI=1S/C50H41BNO/c1-2-10-34(11-3-1)35-20-26-41(27-21-35)52(43-15-8-14-39(33-43)45-18-9-13-37-12-4-5-16-44(37)45)42-28-22-36(23-29-42)38-24-30-47-50-46-17-6-7-19-48(46)53-49(50)31-25-40(32-38)51-47/h1-3,5-11,13-32,39-40,46-48H,4,12,33H2. The van der Waals surface area contributed by atoms with E-state index in [-0.39, 0.29) is 17.7 Å². The normalized spacial score (nSPS) is 24.6. The van der Waals surface area contributed by atoms with Gasteiger partial charge in [-0.1, -0.05) is 140 Å². The molecule has 0 amide bonds. The van der Waals surface area contributed by atoms with Gasteiger partial charge in [0.05, 0.1) is 0 Å². The van der Waals surface area contributed by atoms with Crippen molar-refractivity contribution in [2.24, 2.45) is 5.92 Å². The topological polar surface area (TPSA) is 12.5 Å². The molecule has 3 aliphatic carbocycles. The maximum atomic E-state index is 6.38. The molecule has 0 spiro atoms. The number of fused-ring (bicyclic) bond motifs is 6. The van der Waals surface area contributed by atoms with Gasteiger partial charge >= 0.3 is 0 Å². The van der Waals surface area contributed by atoms with Crippen LogP contribution in [0.15, 0.2) is 193 Å². The van der Waals surface area contributed by atoms with Gasteiger partial charge in [0.1, 0.15) is 19.1 Å². The summed E-state index contributed by atoms with van der Waals surface area (Å²) in [6.45, 7) is 0. The summed E-state index contributed by atoms with van der Waals surface area (Å²) in [7, 11) is 2.47. The average molecular weight is 683 g/mol. The van der Waals surface area contributed by atoms with Crippen molar-refractivity contribution in [2.75, 3.05) is 4.90 Å². The molecule has 3 aliphatic heterocycles. The van der Waals surface area contributed by atoms with Gasteiger partial charge in [-0.05, 0) is 118 Å². The van der Waals surface area contributed by atoms with E-state index in [4.69, 9.17) is 4.74 Å². The molecule has 0 aromatic heterocycles. The van der Waals surface area contributed by atoms with Crippen LogP contribution >= 0.6 is 0 Å². The summed E-state index contributed by atoms with van der Waals surface area (Å²) in [5.41, 5.74) is 14.2. The first-order valence-electron chi connectivity index (χ1n) is 19.2. The van der Waals surface area contributed by atoms with Crippen molar-refractivity contribution in [3.8, 4) is 11.1 Å². The first-order valence-corrected chi connectivity index (χ1v) is 19.2. The Morgan fingerprint density at radius 3 is 2.30 bits per heavy atom. The first-order chi connectivity index (χ1) is 26.2. The molecule has 1 radical (unpaired) electrons. The smallest absolute Gasteiger partial charge is 0.139 e. The zero-order valence-corrected chi connectivity index (χ0v) is 29.8. The van der Waals surface area contributed by atoms with E-state index in [0.717, 1.165) is 30.7 Å². The van der Waals surface area contributed by atoms with E-state index in [0.29, 0.717) is 11.8 Å². The first kappa shape index (κ1) is 31.9. The molecule has 2 nitrogen and oxygen atoms in total. The van der Waals surface area contributed by atoms with Gasteiger partial charge in [0, 0.05) is 28.9 Å². The fraction of sp³-hybridized carbons (Fsp3) is 0.160. The van der Waals surface area contributed by atoms with Crippen LogP contribution < -0.4 is 4.90 Å². The van der Waals surface area contributed by atoms with Crippen molar-refractivity contribution >= 4 is 30.3 Å². The van der Waals surface area contributed by atoms with Gasteiger partial charge in [0.15, 0.2) is 0 Å². The van der Waals surface area contributed by atoms with Crippen LogP contribution in [-0.2, 0) is 11.2 Å². The lowest BCUT2D eigenvalue weighted by atomic mass is 9.52. The highest BCUT2D eigenvalue weighted by Gasteiger charge is 2.39. The minimum atomic E-state index is 0.105. The molecule has 3 heteroatoms. The number of benzene rings is 4. The van der Waals surface area contributed by atoms with E-state index < -0.39 is 0 Å². The molecule has 0 N–H and O–H groups in total. The quantitative estimate of drug-likeness (QED) is 0.188. The number of hydrogen-bond donors (Lipinski definition) is 0. The van der Waals surface area contributed by atoms with E-state index in [9.17, 15) is 0 Å². The number of allylic oxidation sites excluding steroid dienone is 13. The zero-order chi connectivity index (χ0) is 35.1. The van der Waals surface area contributed by atoms with E-state index in [1.807, 2.05) is 0 Å². The molecule has 3 heterocycles. The highest BCUT2D eigenvalue weighted by molar-refractivity contribution is 6.44. The van der Waals surface area contributed by atoms with Gasteiger partial charge in [-0.3, -0.25) is 0 Å². The number of aryl methyl sites for hydroxylation is 1. The molecule has 5 unspecified atom stereocenters. The number of hydrogen-bond acceptors (Lipinski definition) is 2. The third kappa shape index (κ3) is 6.05.